The Morgan fingerprint density at radius 1 is 0.630 bits per heavy atom. The number of carbonyl (C=O) groups excluding carboxylic acids is 3. The minimum atomic E-state index is -1.41. The fourth-order valence-electron chi connectivity index (χ4n) is 5.43. The molecule has 2 aromatic heterocycles. The van der Waals surface area contributed by atoms with E-state index in [0.717, 1.165) is 27.4 Å². The number of fused-ring (bicyclic) bond motifs is 2. The summed E-state index contributed by atoms with van der Waals surface area (Å²) >= 11 is 0. The molecule has 2 heterocycles. The van der Waals surface area contributed by atoms with E-state index in [1.165, 1.54) is 0 Å². The molecule has 5 aromatic rings. The summed E-state index contributed by atoms with van der Waals surface area (Å²) in [5.41, 5.74) is 10.1. The number of hydrogen-bond donors (Lipinski definition) is 8. The van der Waals surface area contributed by atoms with Gasteiger partial charge in [-0.3, -0.25) is 14.4 Å². The lowest BCUT2D eigenvalue weighted by molar-refractivity contribution is -0.142. The van der Waals surface area contributed by atoms with E-state index in [-0.39, 0.29) is 19.3 Å². The SMILES string of the molecule is NC(Cc1c[nH]c2ccccc12)C(=O)NC(CO)C(=O)NC(Cc1ccccc1)C(=O)NC(Cc1c[nH]c2ccccc12)C(=O)O. The number of para-hydroxylation sites is 2. The van der Waals surface area contributed by atoms with Crippen molar-refractivity contribution < 1.29 is 29.4 Å². The van der Waals surface area contributed by atoms with Crippen LogP contribution in [0.15, 0.2) is 91.3 Å². The molecule has 9 N–H and O–H groups in total. The first-order chi connectivity index (χ1) is 22.2. The number of aliphatic hydroxyl groups is 1. The predicted octanol–water partition coefficient (Wildman–Crippen LogP) is 1.54. The lowest BCUT2D eigenvalue weighted by Crippen LogP contribution is -2.58. The van der Waals surface area contributed by atoms with Crippen LogP contribution in [0, 0.1) is 0 Å². The number of carbonyl (C=O) groups is 4. The molecule has 46 heavy (non-hydrogen) atoms. The number of carboxylic acid groups (broad SMARTS) is 1. The zero-order valence-electron chi connectivity index (χ0n) is 24.9. The molecule has 3 amide bonds. The van der Waals surface area contributed by atoms with E-state index in [9.17, 15) is 29.4 Å². The smallest absolute Gasteiger partial charge is 0.326 e. The monoisotopic (exact) mass is 624 g/mol. The molecule has 0 bridgehead atoms. The Balaban J connectivity index is 1.27. The summed E-state index contributed by atoms with van der Waals surface area (Å²) in [7, 11) is 0. The van der Waals surface area contributed by atoms with Gasteiger partial charge in [-0.25, -0.2) is 4.79 Å². The number of rotatable bonds is 14. The Bertz CT molecular complexity index is 1830. The van der Waals surface area contributed by atoms with E-state index in [1.54, 1.807) is 42.7 Å². The largest absolute Gasteiger partial charge is 0.480 e. The number of aromatic amines is 2. The average Bonchev–Trinajstić information content (AvgIpc) is 3.67. The first-order valence-electron chi connectivity index (χ1n) is 14.9. The Morgan fingerprint density at radius 3 is 1.72 bits per heavy atom. The van der Waals surface area contributed by atoms with Crippen molar-refractivity contribution in [3.8, 4) is 0 Å². The van der Waals surface area contributed by atoms with Gasteiger partial charge in [-0.2, -0.15) is 0 Å². The van der Waals surface area contributed by atoms with Gasteiger partial charge in [-0.15, -0.1) is 0 Å². The van der Waals surface area contributed by atoms with Gasteiger partial charge in [0.05, 0.1) is 12.6 Å². The first-order valence-corrected chi connectivity index (χ1v) is 14.9. The van der Waals surface area contributed by atoms with E-state index in [2.05, 4.69) is 25.9 Å². The molecule has 5 rings (SSSR count). The molecule has 0 saturated heterocycles. The molecular formula is C34H36N6O6. The van der Waals surface area contributed by atoms with Crippen molar-refractivity contribution in [2.24, 2.45) is 5.73 Å². The van der Waals surface area contributed by atoms with Crippen LogP contribution in [0.5, 0.6) is 0 Å². The van der Waals surface area contributed by atoms with Crippen molar-refractivity contribution in [2.75, 3.05) is 6.61 Å². The zero-order chi connectivity index (χ0) is 32.6. The number of carboxylic acids is 1. The molecule has 0 fully saturated rings. The number of benzene rings is 3. The maximum Gasteiger partial charge on any atom is 0.326 e. The predicted molar refractivity (Wildman–Crippen MR) is 173 cm³/mol. The van der Waals surface area contributed by atoms with Crippen LogP contribution in [0.2, 0.25) is 0 Å². The summed E-state index contributed by atoms with van der Waals surface area (Å²) in [6.07, 6.45) is 3.68. The van der Waals surface area contributed by atoms with Crippen LogP contribution in [-0.2, 0) is 38.4 Å². The van der Waals surface area contributed by atoms with Crippen molar-refractivity contribution in [1.82, 2.24) is 25.9 Å². The van der Waals surface area contributed by atoms with E-state index in [4.69, 9.17) is 5.73 Å². The summed E-state index contributed by atoms with van der Waals surface area (Å²) in [4.78, 5) is 58.3. The van der Waals surface area contributed by atoms with Crippen LogP contribution in [0.3, 0.4) is 0 Å². The summed E-state index contributed by atoms with van der Waals surface area (Å²) in [5, 5.41) is 29.4. The summed E-state index contributed by atoms with van der Waals surface area (Å²) in [5.74, 6) is -3.46. The maximum absolute atomic E-state index is 13.5. The number of aliphatic carboxylic acids is 1. The number of nitrogens with one attached hydrogen (secondary N) is 5. The van der Waals surface area contributed by atoms with Gasteiger partial charge in [-0.05, 0) is 35.2 Å². The third-order valence-corrected chi connectivity index (χ3v) is 7.90. The Hall–Kier alpha value is -5.46. The Morgan fingerprint density at radius 2 is 1.13 bits per heavy atom. The topological polar surface area (TPSA) is 202 Å². The van der Waals surface area contributed by atoms with E-state index >= 15 is 0 Å². The van der Waals surface area contributed by atoms with Crippen LogP contribution in [0.25, 0.3) is 21.8 Å². The molecule has 0 radical (unpaired) electrons. The van der Waals surface area contributed by atoms with Crippen LogP contribution in [0.1, 0.15) is 16.7 Å². The Kier molecular flexibility index (Phi) is 10.1. The second kappa shape index (κ2) is 14.5. The molecule has 3 aromatic carbocycles. The zero-order valence-corrected chi connectivity index (χ0v) is 24.9. The van der Waals surface area contributed by atoms with Crippen molar-refractivity contribution in [3.05, 3.63) is 108 Å². The van der Waals surface area contributed by atoms with Crippen LogP contribution >= 0.6 is 0 Å². The van der Waals surface area contributed by atoms with Crippen LogP contribution in [-0.4, -0.2) is 74.6 Å². The molecule has 0 aliphatic heterocycles. The van der Waals surface area contributed by atoms with Gasteiger partial charge in [0.25, 0.3) is 0 Å². The summed E-state index contributed by atoms with van der Waals surface area (Å²) < 4.78 is 0. The molecule has 0 aliphatic rings. The molecule has 4 atom stereocenters. The van der Waals surface area contributed by atoms with E-state index in [0.29, 0.717) is 11.1 Å². The third-order valence-electron chi connectivity index (χ3n) is 7.90. The van der Waals surface area contributed by atoms with Gasteiger partial charge >= 0.3 is 5.97 Å². The standard InChI is InChI=1S/C34H36N6O6/c35-25(15-21-17-36-26-12-6-4-10-23(21)26)31(42)40-30(19-41)33(44)38-28(14-20-8-2-1-3-9-20)32(43)39-29(34(45)46)16-22-18-37-27-13-7-5-11-24(22)27/h1-13,17-18,25,28-30,36-37,41H,14-16,19,35H2,(H,38,44)(H,39,43)(H,40,42)(H,45,46). The quantitative estimate of drug-likeness (QED) is 0.0915. The van der Waals surface area contributed by atoms with Crippen molar-refractivity contribution in [3.63, 3.8) is 0 Å². The third kappa shape index (κ3) is 7.60. The second-order valence-electron chi connectivity index (χ2n) is 11.1. The number of aliphatic hydroxyl groups excluding tert-OH is 1. The summed E-state index contributed by atoms with van der Waals surface area (Å²) in [6.45, 7) is -0.755. The fraction of sp³-hybridized carbons (Fsp3) is 0.235. The molecule has 238 valence electrons. The molecule has 12 heteroatoms. The van der Waals surface area contributed by atoms with Crippen LogP contribution in [0.4, 0.5) is 0 Å². The highest BCUT2D eigenvalue weighted by Gasteiger charge is 2.31. The van der Waals surface area contributed by atoms with Gasteiger partial charge < -0.3 is 41.9 Å². The normalized spacial score (nSPS) is 13.9. The molecule has 0 spiro atoms. The van der Waals surface area contributed by atoms with Gasteiger partial charge in [-0.1, -0.05) is 66.7 Å². The highest BCUT2D eigenvalue weighted by atomic mass is 16.4. The summed E-state index contributed by atoms with van der Waals surface area (Å²) in [6, 6.07) is 18.9. The molecule has 12 nitrogen and oxygen atoms in total. The van der Waals surface area contributed by atoms with Crippen LogP contribution < -0.4 is 21.7 Å². The van der Waals surface area contributed by atoms with E-state index < -0.39 is 54.5 Å². The van der Waals surface area contributed by atoms with Crippen molar-refractivity contribution in [1.29, 1.82) is 0 Å². The highest BCUT2D eigenvalue weighted by Crippen LogP contribution is 2.20. The van der Waals surface area contributed by atoms with Crippen molar-refractivity contribution >= 4 is 45.5 Å². The molecule has 0 saturated carbocycles. The number of hydrogen-bond acceptors (Lipinski definition) is 6. The highest BCUT2D eigenvalue weighted by molar-refractivity contribution is 5.95. The van der Waals surface area contributed by atoms with Crippen molar-refractivity contribution in [2.45, 2.75) is 43.4 Å². The number of amides is 3. The molecule has 0 aliphatic carbocycles. The number of aromatic nitrogens is 2. The average molecular weight is 625 g/mol. The number of H-pyrrole nitrogens is 2. The minimum absolute atomic E-state index is 0.000724. The second-order valence-corrected chi connectivity index (χ2v) is 11.1. The number of nitrogens with two attached hydrogens (primary N) is 1. The molecular weight excluding hydrogens is 588 g/mol. The van der Waals surface area contributed by atoms with Gasteiger partial charge in [0.2, 0.25) is 17.7 Å². The first kappa shape index (κ1) is 31.9. The fourth-order valence-corrected chi connectivity index (χ4v) is 5.43. The van der Waals surface area contributed by atoms with Gasteiger partial charge in [0, 0.05) is 47.0 Å². The van der Waals surface area contributed by atoms with Gasteiger partial charge in [0.1, 0.15) is 18.1 Å². The molecule has 4 unspecified atom stereocenters. The maximum atomic E-state index is 13.5. The van der Waals surface area contributed by atoms with E-state index in [1.807, 2.05) is 48.5 Å². The minimum Gasteiger partial charge on any atom is -0.480 e. The lowest BCUT2D eigenvalue weighted by atomic mass is 10.0. The van der Waals surface area contributed by atoms with Gasteiger partial charge in [0.15, 0.2) is 0 Å². The lowest BCUT2D eigenvalue weighted by Gasteiger charge is -2.24. The Labute approximate surface area is 264 Å².